The highest BCUT2D eigenvalue weighted by Crippen LogP contribution is 2.25. The number of hydrogen-bond donors (Lipinski definition) is 1. The second-order valence-corrected chi connectivity index (χ2v) is 6.44. The van der Waals surface area contributed by atoms with Gasteiger partial charge in [0.25, 0.3) is 0 Å². The minimum atomic E-state index is 0.144. The van der Waals surface area contributed by atoms with Gasteiger partial charge in [-0.05, 0) is 17.7 Å². The van der Waals surface area contributed by atoms with Gasteiger partial charge < -0.3 is 5.32 Å². The first-order valence-corrected chi connectivity index (χ1v) is 7.08. The molecule has 18 heavy (non-hydrogen) atoms. The van der Waals surface area contributed by atoms with Crippen molar-refractivity contribution in [3.05, 3.63) is 45.9 Å². The number of hydrogen-bond acceptors (Lipinski definition) is 3. The van der Waals surface area contributed by atoms with E-state index in [1.165, 1.54) is 16.3 Å². The summed E-state index contributed by atoms with van der Waals surface area (Å²) in [7, 11) is 1.94. The quantitative estimate of drug-likeness (QED) is 0.899. The highest BCUT2D eigenvalue weighted by atomic mass is 32.1. The molecule has 0 radical (unpaired) electrons. The Morgan fingerprint density at radius 1 is 1.17 bits per heavy atom. The lowest BCUT2D eigenvalue weighted by atomic mass is 9.93. The van der Waals surface area contributed by atoms with Gasteiger partial charge in [0.2, 0.25) is 0 Å². The Hall–Kier alpha value is -1.35. The third kappa shape index (κ3) is 3.10. The fourth-order valence-corrected chi connectivity index (χ4v) is 2.76. The Morgan fingerprint density at radius 2 is 1.83 bits per heavy atom. The maximum absolute atomic E-state index is 4.72. The molecule has 0 aliphatic heterocycles. The Kier molecular flexibility index (Phi) is 3.71. The fourth-order valence-electron chi connectivity index (χ4n) is 1.70. The third-order valence-corrected chi connectivity index (χ3v) is 3.77. The van der Waals surface area contributed by atoms with Crippen LogP contribution in [-0.4, -0.2) is 12.0 Å². The maximum atomic E-state index is 4.72. The molecule has 1 aromatic heterocycles. The van der Waals surface area contributed by atoms with Crippen molar-refractivity contribution in [3.8, 4) is 0 Å². The topological polar surface area (TPSA) is 24.9 Å². The molecule has 0 aliphatic carbocycles. The predicted octanol–water partition coefficient (Wildman–Crippen LogP) is 4.07. The van der Waals surface area contributed by atoms with Crippen LogP contribution in [0.3, 0.4) is 0 Å². The van der Waals surface area contributed by atoms with Crippen molar-refractivity contribution in [2.24, 2.45) is 0 Å². The zero-order valence-electron chi connectivity index (χ0n) is 11.4. The van der Waals surface area contributed by atoms with Crippen LogP contribution in [0.15, 0.2) is 29.6 Å². The van der Waals surface area contributed by atoms with Crippen LogP contribution < -0.4 is 5.32 Å². The maximum Gasteiger partial charge on any atom is 0.0972 e. The number of nitrogens with one attached hydrogen (secondary N) is 1. The molecule has 2 rings (SSSR count). The Labute approximate surface area is 113 Å². The average molecular weight is 260 g/mol. The van der Waals surface area contributed by atoms with Gasteiger partial charge in [-0.15, -0.1) is 11.3 Å². The predicted molar refractivity (Wildman–Crippen MR) is 79.6 cm³/mol. The fraction of sp³-hybridized carbons (Fsp3) is 0.400. The molecule has 0 amide bonds. The Bertz CT molecular complexity index is 506. The SMILES string of the molecule is CNc1ccc(Cc2nc(C(C)(C)C)cs2)cc1. The molecule has 1 aromatic carbocycles. The van der Waals surface area contributed by atoms with Crippen LogP contribution in [0, 0.1) is 0 Å². The van der Waals surface area contributed by atoms with E-state index in [1.807, 2.05) is 7.05 Å². The molecule has 2 aromatic rings. The van der Waals surface area contributed by atoms with E-state index < -0.39 is 0 Å². The molecule has 1 heterocycles. The van der Waals surface area contributed by atoms with E-state index in [1.54, 1.807) is 11.3 Å². The normalized spacial score (nSPS) is 11.6. The van der Waals surface area contributed by atoms with E-state index in [2.05, 4.69) is 55.7 Å². The third-order valence-electron chi connectivity index (χ3n) is 2.92. The monoisotopic (exact) mass is 260 g/mol. The molecule has 0 aliphatic rings. The molecule has 2 nitrogen and oxygen atoms in total. The molecule has 0 atom stereocenters. The van der Waals surface area contributed by atoms with Gasteiger partial charge in [-0.3, -0.25) is 0 Å². The van der Waals surface area contributed by atoms with E-state index in [0.717, 1.165) is 12.1 Å². The van der Waals surface area contributed by atoms with Crippen LogP contribution in [0.2, 0.25) is 0 Å². The summed E-state index contributed by atoms with van der Waals surface area (Å²) in [4.78, 5) is 4.72. The van der Waals surface area contributed by atoms with Gasteiger partial charge in [0.1, 0.15) is 0 Å². The van der Waals surface area contributed by atoms with Crippen molar-refractivity contribution in [3.63, 3.8) is 0 Å². The minimum Gasteiger partial charge on any atom is -0.388 e. The van der Waals surface area contributed by atoms with E-state index in [4.69, 9.17) is 4.98 Å². The average Bonchev–Trinajstić information content (AvgIpc) is 2.78. The molecular formula is C15H20N2S. The summed E-state index contributed by atoms with van der Waals surface area (Å²) >= 11 is 1.75. The number of benzene rings is 1. The van der Waals surface area contributed by atoms with E-state index >= 15 is 0 Å². The highest BCUT2D eigenvalue weighted by molar-refractivity contribution is 7.09. The molecular weight excluding hydrogens is 240 g/mol. The molecule has 0 bridgehead atoms. The highest BCUT2D eigenvalue weighted by Gasteiger charge is 2.17. The molecule has 0 saturated carbocycles. The van der Waals surface area contributed by atoms with Crippen LogP contribution >= 0.6 is 11.3 Å². The zero-order valence-corrected chi connectivity index (χ0v) is 12.3. The molecule has 3 heteroatoms. The second kappa shape index (κ2) is 5.11. The van der Waals surface area contributed by atoms with Crippen LogP contribution in [-0.2, 0) is 11.8 Å². The van der Waals surface area contributed by atoms with E-state index in [0.29, 0.717) is 0 Å². The second-order valence-electron chi connectivity index (χ2n) is 5.50. The van der Waals surface area contributed by atoms with Gasteiger partial charge in [0.15, 0.2) is 0 Å². The molecule has 0 fully saturated rings. The summed E-state index contributed by atoms with van der Waals surface area (Å²) in [6.45, 7) is 6.61. The van der Waals surface area contributed by atoms with Crippen LogP contribution in [0.25, 0.3) is 0 Å². The lowest BCUT2D eigenvalue weighted by molar-refractivity contribution is 0.571. The summed E-state index contributed by atoms with van der Waals surface area (Å²) in [6, 6.07) is 8.52. The van der Waals surface area contributed by atoms with Crippen molar-refractivity contribution >= 4 is 17.0 Å². The number of rotatable bonds is 3. The number of anilines is 1. The summed E-state index contributed by atoms with van der Waals surface area (Å²) < 4.78 is 0. The summed E-state index contributed by atoms with van der Waals surface area (Å²) in [5.74, 6) is 0. The first-order chi connectivity index (χ1) is 8.49. The van der Waals surface area contributed by atoms with Crippen molar-refractivity contribution in [1.82, 2.24) is 4.98 Å². The molecule has 1 N–H and O–H groups in total. The Balaban J connectivity index is 2.11. The standard InChI is InChI=1S/C15H20N2S/c1-15(2,3)13-10-18-14(17-13)9-11-5-7-12(16-4)8-6-11/h5-8,10,16H,9H2,1-4H3. The van der Waals surface area contributed by atoms with Gasteiger partial charge >= 0.3 is 0 Å². The minimum absolute atomic E-state index is 0.144. The lowest BCUT2D eigenvalue weighted by Gasteiger charge is -2.14. The number of nitrogens with zero attached hydrogens (tertiary/aromatic N) is 1. The molecule has 0 unspecified atom stereocenters. The van der Waals surface area contributed by atoms with Crippen molar-refractivity contribution in [2.45, 2.75) is 32.6 Å². The Morgan fingerprint density at radius 3 is 2.33 bits per heavy atom. The van der Waals surface area contributed by atoms with Crippen molar-refractivity contribution < 1.29 is 0 Å². The summed E-state index contributed by atoms with van der Waals surface area (Å²) in [6.07, 6.45) is 0.921. The van der Waals surface area contributed by atoms with E-state index in [-0.39, 0.29) is 5.41 Å². The van der Waals surface area contributed by atoms with Crippen LogP contribution in [0.5, 0.6) is 0 Å². The summed E-state index contributed by atoms with van der Waals surface area (Å²) in [5.41, 5.74) is 3.79. The van der Waals surface area contributed by atoms with Crippen molar-refractivity contribution in [1.29, 1.82) is 0 Å². The first kappa shape index (κ1) is 13.1. The van der Waals surface area contributed by atoms with Gasteiger partial charge in [-0.2, -0.15) is 0 Å². The first-order valence-electron chi connectivity index (χ1n) is 6.20. The van der Waals surface area contributed by atoms with Gasteiger partial charge in [0, 0.05) is 30.0 Å². The zero-order chi connectivity index (χ0) is 13.2. The van der Waals surface area contributed by atoms with Gasteiger partial charge in [-0.25, -0.2) is 4.98 Å². The lowest BCUT2D eigenvalue weighted by Crippen LogP contribution is -2.11. The van der Waals surface area contributed by atoms with Crippen molar-refractivity contribution in [2.75, 3.05) is 12.4 Å². The van der Waals surface area contributed by atoms with Crippen LogP contribution in [0.4, 0.5) is 5.69 Å². The molecule has 0 saturated heterocycles. The van der Waals surface area contributed by atoms with Gasteiger partial charge in [0.05, 0.1) is 10.7 Å². The molecule has 96 valence electrons. The summed E-state index contributed by atoms with van der Waals surface area (Å²) in [5, 5.41) is 6.50. The molecule has 0 spiro atoms. The number of thiazole rings is 1. The largest absolute Gasteiger partial charge is 0.388 e. The smallest absolute Gasteiger partial charge is 0.0972 e. The van der Waals surface area contributed by atoms with Gasteiger partial charge in [-0.1, -0.05) is 32.9 Å². The van der Waals surface area contributed by atoms with E-state index in [9.17, 15) is 0 Å². The number of aromatic nitrogens is 1. The van der Waals surface area contributed by atoms with Crippen LogP contribution in [0.1, 0.15) is 37.0 Å².